The maximum absolute atomic E-state index is 12.4. The number of carboxylic acids is 1. The van der Waals surface area contributed by atoms with Gasteiger partial charge in [0.15, 0.2) is 0 Å². The maximum atomic E-state index is 12.4. The van der Waals surface area contributed by atoms with Gasteiger partial charge in [0.1, 0.15) is 5.75 Å². The average molecular weight is 327 g/mol. The molecule has 1 aromatic carbocycles. The molecule has 0 aliphatic carbocycles. The Kier molecular flexibility index (Phi) is 4.49. The molecular weight excluding hydrogens is 314 g/mol. The zero-order chi connectivity index (χ0) is 15.5. The van der Waals surface area contributed by atoms with Crippen molar-refractivity contribution in [2.24, 2.45) is 0 Å². The van der Waals surface area contributed by atoms with E-state index in [9.17, 15) is 13.2 Å². The third-order valence-corrected chi connectivity index (χ3v) is 4.84. The molecule has 0 amide bonds. The van der Waals surface area contributed by atoms with Gasteiger partial charge in [-0.25, -0.2) is 8.42 Å². The van der Waals surface area contributed by atoms with Crippen molar-refractivity contribution < 1.29 is 23.1 Å². The second kappa shape index (κ2) is 6.15. The van der Waals surface area contributed by atoms with E-state index >= 15 is 0 Å². The number of benzene rings is 1. The number of hydrogen-bond acceptors (Lipinski definition) is 5. The van der Waals surface area contributed by atoms with Crippen molar-refractivity contribution in [3.05, 3.63) is 40.6 Å². The molecule has 6 nitrogen and oxygen atoms in total. The molecule has 2 aromatic rings. The second-order valence-corrected chi connectivity index (χ2v) is 6.59. The fourth-order valence-electron chi connectivity index (χ4n) is 1.78. The molecule has 0 fully saturated rings. The van der Waals surface area contributed by atoms with Crippen LogP contribution in [0.5, 0.6) is 5.75 Å². The molecule has 2 N–H and O–H groups in total. The lowest BCUT2D eigenvalue weighted by molar-refractivity contribution is -0.136. The van der Waals surface area contributed by atoms with Crippen molar-refractivity contribution in [3.63, 3.8) is 0 Å². The molecule has 21 heavy (non-hydrogen) atoms. The van der Waals surface area contributed by atoms with Crippen molar-refractivity contribution in [2.45, 2.75) is 11.3 Å². The lowest BCUT2D eigenvalue weighted by atomic mass is 10.1. The van der Waals surface area contributed by atoms with Crippen LogP contribution in [0.15, 0.2) is 39.9 Å². The minimum absolute atomic E-state index is 0.0723. The Morgan fingerprint density at radius 3 is 2.71 bits per heavy atom. The zero-order valence-corrected chi connectivity index (χ0v) is 12.7. The summed E-state index contributed by atoms with van der Waals surface area (Å²) in [5, 5.41) is 12.3. The summed E-state index contributed by atoms with van der Waals surface area (Å²) < 4.78 is 32.1. The highest BCUT2D eigenvalue weighted by atomic mass is 32.2. The highest BCUT2D eigenvalue weighted by Crippen LogP contribution is 2.25. The van der Waals surface area contributed by atoms with E-state index in [1.54, 1.807) is 16.8 Å². The summed E-state index contributed by atoms with van der Waals surface area (Å²) in [5.74, 6) is -0.712. The van der Waals surface area contributed by atoms with Crippen molar-refractivity contribution in [1.82, 2.24) is 0 Å². The molecule has 0 bridgehead atoms. The molecule has 8 heteroatoms. The van der Waals surface area contributed by atoms with Gasteiger partial charge in [-0.3, -0.25) is 9.52 Å². The number of anilines is 1. The maximum Gasteiger partial charge on any atom is 0.307 e. The molecule has 1 aromatic heterocycles. The van der Waals surface area contributed by atoms with E-state index in [4.69, 9.17) is 9.84 Å². The van der Waals surface area contributed by atoms with Gasteiger partial charge in [-0.2, -0.15) is 11.3 Å². The zero-order valence-electron chi connectivity index (χ0n) is 11.1. The normalized spacial score (nSPS) is 11.1. The van der Waals surface area contributed by atoms with Crippen LogP contribution in [-0.2, 0) is 21.2 Å². The smallest absolute Gasteiger partial charge is 0.307 e. The van der Waals surface area contributed by atoms with Crippen LogP contribution in [0.25, 0.3) is 0 Å². The van der Waals surface area contributed by atoms with Crippen LogP contribution < -0.4 is 9.46 Å². The third-order valence-electron chi connectivity index (χ3n) is 2.67. The van der Waals surface area contributed by atoms with Crippen molar-refractivity contribution >= 4 is 33.0 Å². The number of methoxy groups -OCH3 is 1. The fraction of sp³-hybridized carbons (Fsp3) is 0.154. The van der Waals surface area contributed by atoms with Gasteiger partial charge < -0.3 is 9.84 Å². The van der Waals surface area contributed by atoms with Crippen LogP contribution >= 0.6 is 11.3 Å². The molecule has 0 atom stereocenters. The predicted molar refractivity (Wildman–Crippen MR) is 79.5 cm³/mol. The van der Waals surface area contributed by atoms with Gasteiger partial charge in [0.25, 0.3) is 10.0 Å². The highest BCUT2D eigenvalue weighted by molar-refractivity contribution is 7.92. The Labute approximate surface area is 126 Å². The molecule has 0 unspecified atom stereocenters. The number of thiophene rings is 1. The largest absolute Gasteiger partial charge is 0.497 e. The quantitative estimate of drug-likeness (QED) is 0.848. The molecule has 1 heterocycles. The number of hydrogen-bond donors (Lipinski definition) is 2. The first-order valence-electron chi connectivity index (χ1n) is 5.86. The van der Waals surface area contributed by atoms with Crippen LogP contribution in [0.4, 0.5) is 5.69 Å². The van der Waals surface area contributed by atoms with Crippen molar-refractivity contribution in [3.8, 4) is 5.75 Å². The average Bonchev–Trinajstić information content (AvgIpc) is 2.89. The summed E-state index contributed by atoms with van der Waals surface area (Å²) in [6.07, 6.45) is -0.406. The Morgan fingerprint density at radius 1 is 1.38 bits per heavy atom. The molecular formula is C13H13NO5S2. The van der Waals surface area contributed by atoms with E-state index in [1.807, 2.05) is 0 Å². The van der Waals surface area contributed by atoms with E-state index < -0.39 is 22.4 Å². The van der Waals surface area contributed by atoms with Crippen LogP contribution in [0.3, 0.4) is 0 Å². The molecule has 0 radical (unpaired) electrons. The van der Waals surface area contributed by atoms with Gasteiger partial charge in [-0.1, -0.05) is 0 Å². The Morgan fingerprint density at radius 2 is 2.14 bits per heavy atom. The molecule has 0 saturated heterocycles. The summed E-state index contributed by atoms with van der Waals surface area (Å²) in [6, 6.07) is 5.86. The first kappa shape index (κ1) is 15.3. The van der Waals surface area contributed by atoms with Gasteiger partial charge in [-0.15, -0.1) is 0 Å². The summed E-state index contributed by atoms with van der Waals surface area (Å²) in [4.78, 5) is 10.8. The molecule has 0 spiro atoms. The van der Waals surface area contributed by atoms with E-state index in [0.717, 1.165) is 0 Å². The Hall–Kier alpha value is -2.06. The number of sulfonamides is 1. The van der Waals surface area contributed by atoms with Crippen LogP contribution in [-0.4, -0.2) is 26.6 Å². The summed E-state index contributed by atoms with van der Waals surface area (Å²) in [7, 11) is -2.42. The minimum atomic E-state index is -3.85. The van der Waals surface area contributed by atoms with E-state index in [2.05, 4.69) is 4.72 Å². The highest BCUT2D eigenvalue weighted by Gasteiger charge is 2.21. The van der Waals surface area contributed by atoms with Gasteiger partial charge in [0.05, 0.1) is 24.1 Å². The van der Waals surface area contributed by atoms with E-state index in [1.165, 1.54) is 36.6 Å². The second-order valence-electron chi connectivity index (χ2n) is 4.16. The first-order valence-corrected chi connectivity index (χ1v) is 8.28. The van der Waals surface area contributed by atoms with Crippen LogP contribution in [0, 0.1) is 0 Å². The molecule has 0 saturated carbocycles. The lowest BCUT2D eigenvalue weighted by Gasteiger charge is -2.12. The Bertz CT molecular complexity index is 738. The van der Waals surface area contributed by atoms with Gasteiger partial charge in [0, 0.05) is 5.38 Å². The van der Waals surface area contributed by atoms with E-state index in [0.29, 0.717) is 11.4 Å². The SMILES string of the molecule is COc1ccc(S(=O)(=O)Nc2ccsc2)c(CC(=O)O)c1. The Balaban J connectivity index is 2.43. The van der Waals surface area contributed by atoms with Crippen molar-refractivity contribution in [1.29, 1.82) is 0 Å². The minimum Gasteiger partial charge on any atom is -0.497 e. The summed E-state index contributed by atoms with van der Waals surface area (Å²) in [5.41, 5.74) is 0.613. The number of carbonyl (C=O) groups is 1. The first-order chi connectivity index (χ1) is 9.92. The number of carboxylic acid groups (broad SMARTS) is 1. The molecule has 0 aliphatic heterocycles. The van der Waals surface area contributed by atoms with Gasteiger partial charge in [-0.05, 0) is 35.2 Å². The van der Waals surface area contributed by atoms with Gasteiger partial charge >= 0.3 is 5.97 Å². The topological polar surface area (TPSA) is 92.7 Å². The number of aliphatic carboxylic acids is 1. The van der Waals surface area contributed by atoms with Crippen molar-refractivity contribution in [2.75, 3.05) is 11.8 Å². The van der Waals surface area contributed by atoms with E-state index in [-0.39, 0.29) is 10.5 Å². The van der Waals surface area contributed by atoms with Crippen LogP contribution in [0.1, 0.15) is 5.56 Å². The lowest BCUT2D eigenvalue weighted by Crippen LogP contribution is -2.16. The predicted octanol–water partition coefficient (Wildman–Crippen LogP) is 2.18. The molecule has 112 valence electrons. The number of nitrogens with one attached hydrogen (secondary N) is 1. The monoisotopic (exact) mass is 327 g/mol. The summed E-state index contributed by atoms with van der Waals surface area (Å²) >= 11 is 1.36. The number of rotatable bonds is 6. The standard InChI is InChI=1S/C13H13NO5S2/c1-19-11-2-3-12(9(6-11)7-13(15)16)21(17,18)14-10-4-5-20-8-10/h2-6,8,14H,7H2,1H3,(H,15,16). The summed E-state index contributed by atoms with van der Waals surface area (Å²) in [6.45, 7) is 0. The third kappa shape index (κ3) is 3.73. The molecule has 0 aliphatic rings. The fourth-order valence-corrected chi connectivity index (χ4v) is 3.71. The number of ether oxygens (including phenoxy) is 1. The van der Waals surface area contributed by atoms with Gasteiger partial charge in [0.2, 0.25) is 0 Å². The molecule has 2 rings (SSSR count). The van der Waals surface area contributed by atoms with Crippen LogP contribution in [0.2, 0.25) is 0 Å².